The molecule has 2 aromatic heterocycles. The maximum absolute atomic E-state index is 5.35. The highest BCUT2D eigenvalue weighted by Crippen LogP contribution is 2.39. The number of hydrogen-bond donors (Lipinski definition) is 1. The molecule has 6 heteroatoms. The van der Waals surface area contributed by atoms with E-state index in [0.29, 0.717) is 0 Å². The second kappa shape index (κ2) is 12.9. The van der Waals surface area contributed by atoms with Gasteiger partial charge in [-0.05, 0) is 45.7 Å². The first-order valence-electron chi connectivity index (χ1n) is 17.7. The number of imidazole rings is 1. The van der Waals surface area contributed by atoms with Crippen molar-refractivity contribution >= 4 is 44.2 Å². The lowest BCUT2D eigenvalue weighted by Gasteiger charge is -2.22. The number of hydrogen-bond acceptors (Lipinski definition) is 5. The van der Waals surface area contributed by atoms with E-state index in [2.05, 4.69) is 142 Å². The first-order chi connectivity index (χ1) is 26.3. The molecule has 0 aliphatic carbocycles. The number of aromatic nitrogens is 3. The number of amidine groups is 2. The number of nitrogens with zero attached hydrogens (tertiary/aromatic N) is 5. The molecule has 9 aromatic rings. The predicted octanol–water partition coefficient (Wildman–Crippen LogP) is 10.6. The normalized spacial score (nSPS) is 13.2. The molecule has 3 heterocycles. The van der Waals surface area contributed by atoms with E-state index in [0.717, 1.165) is 83.8 Å². The number of fused-ring (bicyclic) bond motifs is 6. The van der Waals surface area contributed by atoms with Crippen LogP contribution in [0.3, 0.4) is 0 Å². The highest BCUT2D eigenvalue weighted by molar-refractivity contribution is 6.24. The van der Waals surface area contributed by atoms with E-state index in [1.165, 1.54) is 5.39 Å². The maximum Gasteiger partial charge on any atom is 0.169 e. The fourth-order valence-electron chi connectivity index (χ4n) is 7.39. The molecule has 1 aliphatic rings. The first-order valence-corrected chi connectivity index (χ1v) is 17.7. The molecule has 0 radical (unpaired) electrons. The SMILES string of the molecule is c1ccc(C2=NC(c3ccc(-c4cccc(-n5c(-c6ccccc6)nc6c7cnccc7c7ccccc7c65)c4)cc3)N=C(c3ccccc3)N2)cc1. The predicted molar refractivity (Wildman–Crippen MR) is 217 cm³/mol. The molecule has 0 fully saturated rings. The smallest absolute Gasteiger partial charge is 0.169 e. The summed E-state index contributed by atoms with van der Waals surface area (Å²) < 4.78 is 2.31. The van der Waals surface area contributed by atoms with Crippen molar-refractivity contribution in [2.45, 2.75) is 6.17 Å². The van der Waals surface area contributed by atoms with Gasteiger partial charge in [-0.2, -0.15) is 0 Å². The lowest BCUT2D eigenvalue weighted by molar-refractivity contribution is 0.756. The Balaban J connectivity index is 1.09. The molecular formula is C47H32N6. The van der Waals surface area contributed by atoms with Gasteiger partial charge in [0.1, 0.15) is 17.5 Å². The van der Waals surface area contributed by atoms with Gasteiger partial charge in [0.05, 0.1) is 11.0 Å². The van der Waals surface area contributed by atoms with Crippen LogP contribution in [0.5, 0.6) is 0 Å². The van der Waals surface area contributed by atoms with Gasteiger partial charge in [0.2, 0.25) is 0 Å². The Morgan fingerprint density at radius 1 is 0.472 bits per heavy atom. The first kappa shape index (κ1) is 30.6. The molecule has 0 bridgehead atoms. The molecule has 1 aliphatic heterocycles. The number of aliphatic imine (C=N–C) groups is 2. The summed E-state index contributed by atoms with van der Waals surface area (Å²) in [4.78, 5) is 20.0. The third kappa shape index (κ3) is 5.45. The van der Waals surface area contributed by atoms with E-state index >= 15 is 0 Å². The minimum atomic E-state index is -0.384. The molecule has 53 heavy (non-hydrogen) atoms. The Labute approximate surface area is 306 Å². The molecule has 0 saturated carbocycles. The number of rotatable bonds is 6. The van der Waals surface area contributed by atoms with Gasteiger partial charge in [0.25, 0.3) is 0 Å². The molecular weight excluding hydrogens is 649 g/mol. The number of nitrogens with one attached hydrogen (secondary N) is 1. The highest BCUT2D eigenvalue weighted by Gasteiger charge is 2.22. The molecule has 7 aromatic carbocycles. The molecule has 0 atom stereocenters. The largest absolute Gasteiger partial charge is 0.324 e. The monoisotopic (exact) mass is 680 g/mol. The zero-order chi connectivity index (χ0) is 35.1. The Bertz CT molecular complexity index is 2790. The van der Waals surface area contributed by atoms with Crippen molar-refractivity contribution < 1.29 is 0 Å². The van der Waals surface area contributed by atoms with Crippen LogP contribution in [0, 0.1) is 0 Å². The van der Waals surface area contributed by atoms with Crippen LogP contribution >= 0.6 is 0 Å². The standard InChI is InChI=1S/C47H32N6/c1-4-13-32(14-5-1)44-50-45(33-15-6-2-7-16-33)52-46(51-44)34-25-23-31(24-26-34)36-19-12-20-37(29-36)53-43-40-22-11-10-21-38(40)39-27-28-48-30-41(39)42(43)49-47(53)35-17-8-3-9-18-35/h1-30,46H,(H,50,51,52). The maximum atomic E-state index is 5.35. The molecule has 6 nitrogen and oxygen atoms in total. The zero-order valence-electron chi connectivity index (χ0n) is 28.6. The van der Waals surface area contributed by atoms with Crippen LogP contribution in [0.4, 0.5) is 0 Å². The lowest BCUT2D eigenvalue weighted by Crippen LogP contribution is -2.35. The highest BCUT2D eigenvalue weighted by atomic mass is 15.2. The quantitative estimate of drug-likeness (QED) is 0.178. The van der Waals surface area contributed by atoms with Gasteiger partial charge >= 0.3 is 0 Å². The molecule has 0 spiro atoms. The Morgan fingerprint density at radius 2 is 1.06 bits per heavy atom. The van der Waals surface area contributed by atoms with Crippen LogP contribution in [0.25, 0.3) is 60.8 Å². The van der Waals surface area contributed by atoms with E-state index in [9.17, 15) is 0 Å². The summed E-state index contributed by atoms with van der Waals surface area (Å²) in [5.41, 5.74) is 9.36. The minimum Gasteiger partial charge on any atom is -0.324 e. The van der Waals surface area contributed by atoms with Gasteiger partial charge in [-0.1, -0.05) is 152 Å². The van der Waals surface area contributed by atoms with Crippen LogP contribution < -0.4 is 5.32 Å². The average Bonchev–Trinajstić information content (AvgIpc) is 3.66. The lowest BCUT2D eigenvalue weighted by atomic mass is 10.0. The van der Waals surface area contributed by atoms with E-state index in [1.54, 1.807) is 0 Å². The van der Waals surface area contributed by atoms with Gasteiger partial charge in [-0.15, -0.1) is 0 Å². The summed E-state index contributed by atoms with van der Waals surface area (Å²) in [6, 6.07) is 58.9. The van der Waals surface area contributed by atoms with E-state index in [4.69, 9.17) is 15.0 Å². The van der Waals surface area contributed by atoms with E-state index < -0.39 is 0 Å². The molecule has 0 unspecified atom stereocenters. The van der Waals surface area contributed by atoms with Crippen molar-refractivity contribution in [3.8, 4) is 28.2 Å². The number of benzene rings is 7. The van der Waals surface area contributed by atoms with Crippen LogP contribution in [0.15, 0.2) is 192 Å². The van der Waals surface area contributed by atoms with Gasteiger partial charge in [-0.25, -0.2) is 15.0 Å². The molecule has 10 rings (SSSR count). The Morgan fingerprint density at radius 3 is 1.74 bits per heavy atom. The van der Waals surface area contributed by atoms with Crippen molar-refractivity contribution in [1.82, 2.24) is 19.9 Å². The zero-order valence-corrected chi connectivity index (χ0v) is 28.6. The van der Waals surface area contributed by atoms with Crippen LogP contribution in [0.2, 0.25) is 0 Å². The van der Waals surface area contributed by atoms with Crippen LogP contribution in [0.1, 0.15) is 22.9 Å². The molecule has 0 amide bonds. The summed E-state index contributed by atoms with van der Waals surface area (Å²) in [5.74, 6) is 2.50. The van der Waals surface area contributed by atoms with Crippen molar-refractivity contribution in [2.75, 3.05) is 0 Å². The summed E-state index contributed by atoms with van der Waals surface area (Å²) in [7, 11) is 0. The molecule has 0 saturated heterocycles. The fourth-order valence-corrected chi connectivity index (χ4v) is 7.39. The van der Waals surface area contributed by atoms with Crippen LogP contribution in [-0.4, -0.2) is 26.2 Å². The van der Waals surface area contributed by atoms with Crippen molar-refractivity contribution in [3.63, 3.8) is 0 Å². The summed E-state index contributed by atoms with van der Waals surface area (Å²) in [6.45, 7) is 0. The van der Waals surface area contributed by atoms with Gasteiger partial charge in [-0.3, -0.25) is 9.55 Å². The number of pyridine rings is 1. The van der Waals surface area contributed by atoms with Crippen molar-refractivity contribution in [2.24, 2.45) is 9.98 Å². The Kier molecular flexibility index (Phi) is 7.43. The molecule has 250 valence electrons. The van der Waals surface area contributed by atoms with E-state index in [-0.39, 0.29) is 6.17 Å². The van der Waals surface area contributed by atoms with Crippen molar-refractivity contribution in [1.29, 1.82) is 0 Å². The van der Waals surface area contributed by atoms with E-state index in [1.807, 2.05) is 54.9 Å². The third-order valence-corrected chi connectivity index (χ3v) is 9.94. The second-order valence-electron chi connectivity index (χ2n) is 13.2. The summed E-state index contributed by atoms with van der Waals surface area (Å²) >= 11 is 0. The van der Waals surface area contributed by atoms with Crippen LogP contribution in [-0.2, 0) is 0 Å². The van der Waals surface area contributed by atoms with Crippen molar-refractivity contribution in [3.05, 3.63) is 199 Å². The summed E-state index contributed by atoms with van der Waals surface area (Å²) in [6.07, 6.45) is 3.42. The minimum absolute atomic E-state index is 0.384. The van der Waals surface area contributed by atoms with Gasteiger partial charge < -0.3 is 5.32 Å². The summed E-state index contributed by atoms with van der Waals surface area (Å²) in [5, 5.41) is 8.00. The average molecular weight is 681 g/mol. The fraction of sp³-hybridized carbons (Fsp3) is 0.0213. The van der Waals surface area contributed by atoms with Gasteiger partial charge in [0, 0.05) is 45.5 Å². The second-order valence-corrected chi connectivity index (χ2v) is 13.2. The third-order valence-electron chi connectivity index (χ3n) is 9.94. The topological polar surface area (TPSA) is 67.5 Å². The Hall–Kier alpha value is -7.18. The molecule has 1 N–H and O–H groups in total. The van der Waals surface area contributed by atoms with Gasteiger partial charge in [0.15, 0.2) is 6.17 Å².